The number of rotatable bonds is 5. The Morgan fingerprint density at radius 1 is 1.00 bits per heavy atom. The Labute approximate surface area is 187 Å². The summed E-state index contributed by atoms with van der Waals surface area (Å²) < 4.78 is 40.4. The maximum atomic E-state index is 12.4. The van der Waals surface area contributed by atoms with E-state index in [-0.39, 0.29) is 28.5 Å². The van der Waals surface area contributed by atoms with Gasteiger partial charge in [0.1, 0.15) is 11.6 Å². The summed E-state index contributed by atoms with van der Waals surface area (Å²) in [6.45, 7) is 5.79. The zero-order chi connectivity index (χ0) is 22.3. The van der Waals surface area contributed by atoms with E-state index in [1.54, 1.807) is 31.2 Å². The SMILES string of the molecule is CC(=O)C1CCC(NS(=O)(=O)c2ccc(Br)cc2)CC1.CC(C)c1ccc(F)cc1. The monoisotopic (exact) mass is 497 g/mol. The van der Waals surface area contributed by atoms with Crippen LogP contribution in [0.4, 0.5) is 4.39 Å². The highest BCUT2D eigenvalue weighted by Gasteiger charge is 2.27. The molecule has 1 aliphatic rings. The molecule has 0 atom stereocenters. The summed E-state index contributed by atoms with van der Waals surface area (Å²) in [6.07, 6.45) is 2.98. The third-order valence-electron chi connectivity index (χ3n) is 5.28. The number of halogens is 2. The van der Waals surface area contributed by atoms with Crippen LogP contribution in [0.3, 0.4) is 0 Å². The van der Waals surface area contributed by atoms with E-state index in [1.165, 1.54) is 17.7 Å². The van der Waals surface area contributed by atoms with Gasteiger partial charge in [-0.25, -0.2) is 17.5 Å². The van der Waals surface area contributed by atoms with Gasteiger partial charge in [0.25, 0.3) is 0 Å². The molecule has 1 saturated carbocycles. The van der Waals surface area contributed by atoms with Crippen molar-refractivity contribution in [1.82, 2.24) is 4.72 Å². The second-order valence-electron chi connectivity index (χ2n) is 7.94. The van der Waals surface area contributed by atoms with Crippen molar-refractivity contribution in [3.8, 4) is 0 Å². The summed E-state index contributed by atoms with van der Waals surface area (Å²) in [4.78, 5) is 11.6. The van der Waals surface area contributed by atoms with Gasteiger partial charge in [-0.05, 0) is 80.5 Å². The van der Waals surface area contributed by atoms with Crippen LogP contribution < -0.4 is 4.72 Å². The van der Waals surface area contributed by atoms with Crippen LogP contribution in [-0.4, -0.2) is 20.2 Å². The maximum Gasteiger partial charge on any atom is 0.240 e. The first kappa shape index (κ1) is 24.7. The average molecular weight is 498 g/mol. The zero-order valence-electron chi connectivity index (χ0n) is 17.6. The lowest BCUT2D eigenvalue weighted by atomic mass is 9.84. The molecule has 0 heterocycles. The fourth-order valence-electron chi connectivity index (χ4n) is 3.37. The van der Waals surface area contributed by atoms with Gasteiger partial charge in [0.05, 0.1) is 4.90 Å². The molecule has 2 aromatic carbocycles. The molecule has 1 N–H and O–H groups in total. The van der Waals surface area contributed by atoms with Gasteiger partial charge in [-0.1, -0.05) is 41.9 Å². The van der Waals surface area contributed by atoms with Crippen LogP contribution in [0.25, 0.3) is 0 Å². The van der Waals surface area contributed by atoms with Gasteiger partial charge in [-0.2, -0.15) is 0 Å². The predicted octanol–water partition coefficient (Wildman–Crippen LogP) is 5.82. The van der Waals surface area contributed by atoms with Gasteiger partial charge in [0.2, 0.25) is 10.0 Å². The van der Waals surface area contributed by atoms with Gasteiger partial charge < -0.3 is 0 Å². The number of carbonyl (C=O) groups is 1. The number of nitrogens with one attached hydrogen (secondary N) is 1. The predicted molar refractivity (Wildman–Crippen MR) is 121 cm³/mol. The largest absolute Gasteiger partial charge is 0.300 e. The molecule has 1 fully saturated rings. The summed E-state index contributed by atoms with van der Waals surface area (Å²) in [5.41, 5.74) is 1.18. The van der Waals surface area contributed by atoms with Crippen molar-refractivity contribution in [2.45, 2.75) is 63.3 Å². The summed E-state index contributed by atoms with van der Waals surface area (Å²) in [7, 11) is -3.47. The first-order valence-electron chi connectivity index (χ1n) is 10.1. The minimum atomic E-state index is -3.47. The van der Waals surface area contributed by atoms with Crippen molar-refractivity contribution in [1.29, 1.82) is 0 Å². The molecule has 0 radical (unpaired) electrons. The number of benzene rings is 2. The molecule has 4 nitrogen and oxygen atoms in total. The van der Waals surface area contributed by atoms with E-state index < -0.39 is 10.0 Å². The van der Waals surface area contributed by atoms with Gasteiger partial charge in [0, 0.05) is 16.4 Å². The van der Waals surface area contributed by atoms with E-state index in [0.29, 0.717) is 5.92 Å². The molecule has 30 heavy (non-hydrogen) atoms. The molecular formula is C23H29BrFNO3S. The van der Waals surface area contributed by atoms with Crippen LogP contribution in [0.5, 0.6) is 0 Å². The van der Waals surface area contributed by atoms with E-state index in [2.05, 4.69) is 34.5 Å². The number of ketones is 1. The van der Waals surface area contributed by atoms with E-state index in [0.717, 1.165) is 30.2 Å². The molecule has 0 aliphatic heterocycles. The minimum Gasteiger partial charge on any atom is -0.300 e. The Balaban J connectivity index is 0.000000269. The van der Waals surface area contributed by atoms with Gasteiger partial charge in [-0.15, -0.1) is 0 Å². The lowest BCUT2D eigenvalue weighted by Gasteiger charge is -2.27. The molecule has 0 unspecified atom stereocenters. The Morgan fingerprint density at radius 3 is 2.00 bits per heavy atom. The van der Waals surface area contributed by atoms with Crippen molar-refractivity contribution in [2.75, 3.05) is 0 Å². The van der Waals surface area contributed by atoms with Gasteiger partial charge in [-0.3, -0.25) is 4.79 Å². The van der Waals surface area contributed by atoms with E-state index in [9.17, 15) is 17.6 Å². The molecule has 7 heteroatoms. The van der Waals surface area contributed by atoms with Crippen LogP contribution in [0, 0.1) is 11.7 Å². The summed E-state index contributed by atoms with van der Waals surface area (Å²) in [5.74, 6) is 0.632. The van der Waals surface area contributed by atoms with Crippen LogP contribution >= 0.6 is 15.9 Å². The molecular weight excluding hydrogens is 469 g/mol. The highest BCUT2D eigenvalue weighted by Crippen LogP contribution is 2.26. The van der Waals surface area contributed by atoms with Crippen LogP contribution in [0.1, 0.15) is 57.9 Å². The van der Waals surface area contributed by atoms with Crippen molar-refractivity contribution in [3.05, 3.63) is 64.4 Å². The highest BCUT2D eigenvalue weighted by molar-refractivity contribution is 9.10. The van der Waals surface area contributed by atoms with E-state index in [1.807, 2.05) is 12.1 Å². The topological polar surface area (TPSA) is 63.2 Å². The molecule has 164 valence electrons. The van der Waals surface area contributed by atoms with Crippen molar-refractivity contribution >= 4 is 31.7 Å². The third kappa shape index (κ3) is 7.60. The minimum absolute atomic E-state index is 0.0701. The summed E-state index contributed by atoms with van der Waals surface area (Å²) in [5, 5.41) is 0. The molecule has 2 aromatic rings. The smallest absolute Gasteiger partial charge is 0.240 e. The zero-order valence-corrected chi connectivity index (χ0v) is 20.0. The standard InChI is InChI=1S/C14H18BrNO3S.C9H11F/c1-10(17)11-2-6-13(7-3-11)16-20(18,19)14-8-4-12(15)5-9-14;1-7(2)8-3-5-9(10)6-4-8/h4-5,8-9,11,13,16H,2-3,6-7H2,1H3;3-7H,1-2H3. The summed E-state index contributed by atoms with van der Waals surface area (Å²) in [6, 6.07) is 13.1. The average Bonchev–Trinajstić information content (AvgIpc) is 2.69. The van der Waals surface area contributed by atoms with Gasteiger partial charge >= 0.3 is 0 Å². The third-order valence-corrected chi connectivity index (χ3v) is 7.35. The lowest BCUT2D eigenvalue weighted by molar-refractivity contribution is -0.121. The van der Waals surface area contributed by atoms with E-state index in [4.69, 9.17) is 0 Å². The normalized spacial score (nSPS) is 19.1. The lowest BCUT2D eigenvalue weighted by Crippen LogP contribution is -2.38. The van der Waals surface area contributed by atoms with Crippen LogP contribution in [-0.2, 0) is 14.8 Å². The number of carbonyl (C=O) groups excluding carboxylic acids is 1. The van der Waals surface area contributed by atoms with Crippen LogP contribution in [0.15, 0.2) is 57.9 Å². The number of Topliss-reactive ketones (excluding diaryl/α,β-unsaturated/α-hetero) is 1. The number of hydrogen-bond donors (Lipinski definition) is 1. The van der Waals surface area contributed by atoms with Crippen molar-refractivity contribution in [2.24, 2.45) is 5.92 Å². The number of hydrogen-bond acceptors (Lipinski definition) is 3. The maximum absolute atomic E-state index is 12.4. The van der Waals surface area contributed by atoms with Crippen molar-refractivity contribution < 1.29 is 17.6 Å². The summed E-state index contributed by atoms with van der Waals surface area (Å²) >= 11 is 3.28. The highest BCUT2D eigenvalue weighted by atomic mass is 79.9. The quantitative estimate of drug-likeness (QED) is 0.565. The Kier molecular flexibility index (Phi) is 9.19. The van der Waals surface area contributed by atoms with Crippen LogP contribution in [0.2, 0.25) is 0 Å². The molecule has 0 spiro atoms. The Hall–Kier alpha value is -1.57. The molecule has 1 aliphatic carbocycles. The molecule has 0 saturated heterocycles. The molecule has 0 bridgehead atoms. The second kappa shape index (κ2) is 11.2. The fourth-order valence-corrected chi connectivity index (χ4v) is 4.94. The Morgan fingerprint density at radius 2 is 1.53 bits per heavy atom. The second-order valence-corrected chi connectivity index (χ2v) is 10.6. The van der Waals surface area contributed by atoms with Gasteiger partial charge in [0.15, 0.2) is 0 Å². The number of sulfonamides is 1. The molecule has 0 aromatic heterocycles. The van der Waals surface area contributed by atoms with E-state index >= 15 is 0 Å². The first-order valence-corrected chi connectivity index (χ1v) is 12.4. The van der Waals surface area contributed by atoms with Crippen molar-refractivity contribution in [3.63, 3.8) is 0 Å². The molecule has 3 rings (SSSR count). The Bertz CT molecular complexity index is 920. The first-order chi connectivity index (χ1) is 14.1. The molecule has 0 amide bonds. The fraction of sp³-hybridized carbons (Fsp3) is 0.435.